The van der Waals surface area contributed by atoms with Gasteiger partial charge in [-0.15, -0.1) is 11.3 Å². The lowest BCUT2D eigenvalue weighted by molar-refractivity contribution is 0.628. The predicted octanol–water partition coefficient (Wildman–Crippen LogP) is 3.60. The standard InChI is InChI=1S/C11H10FNS/c1-13-10-5-4-8(12)7-9(10)11-3-2-6-14-11/h2-7,13H,1H3. The van der Waals surface area contributed by atoms with E-state index in [0.717, 1.165) is 16.1 Å². The topological polar surface area (TPSA) is 12.0 Å². The van der Waals surface area contributed by atoms with Crippen molar-refractivity contribution in [3.63, 3.8) is 0 Å². The van der Waals surface area contributed by atoms with Crippen molar-refractivity contribution < 1.29 is 4.39 Å². The van der Waals surface area contributed by atoms with Crippen LogP contribution in [0.1, 0.15) is 0 Å². The van der Waals surface area contributed by atoms with Gasteiger partial charge in [0.25, 0.3) is 0 Å². The fourth-order valence-corrected chi connectivity index (χ4v) is 2.13. The second-order valence-electron chi connectivity index (χ2n) is 2.92. The maximum absolute atomic E-state index is 13.1. The molecule has 0 bridgehead atoms. The second kappa shape index (κ2) is 3.80. The molecule has 0 aliphatic rings. The van der Waals surface area contributed by atoms with Crippen LogP contribution in [0.25, 0.3) is 10.4 Å². The van der Waals surface area contributed by atoms with Crippen molar-refractivity contribution in [3.05, 3.63) is 41.5 Å². The molecule has 72 valence electrons. The number of rotatable bonds is 2. The Kier molecular flexibility index (Phi) is 2.50. The molecule has 0 saturated heterocycles. The van der Waals surface area contributed by atoms with Crippen molar-refractivity contribution in [2.45, 2.75) is 0 Å². The molecule has 1 heterocycles. The molecule has 3 heteroatoms. The maximum Gasteiger partial charge on any atom is 0.124 e. The summed E-state index contributed by atoms with van der Waals surface area (Å²) in [5, 5.41) is 5.04. The number of hydrogen-bond acceptors (Lipinski definition) is 2. The van der Waals surface area contributed by atoms with Crippen LogP contribution in [0.5, 0.6) is 0 Å². The van der Waals surface area contributed by atoms with Crippen LogP contribution in [-0.2, 0) is 0 Å². The largest absolute Gasteiger partial charge is 0.388 e. The van der Waals surface area contributed by atoms with Crippen molar-refractivity contribution in [2.75, 3.05) is 12.4 Å². The summed E-state index contributed by atoms with van der Waals surface area (Å²) in [7, 11) is 1.84. The first-order valence-corrected chi connectivity index (χ1v) is 5.20. The fraction of sp³-hybridized carbons (Fsp3) is 0.0909. The van der Waals surface area contributed by atoms with Crippen LogP contribution in [0.4, 0.5) is 10.1 Å². The molecule has 0 fully saturated rings. The number of benzene rings is 1. The van der Waals surface area contributed by atoms with E-state index < -0.39 is 0 Å². The number of anilines is 1. The van der Waals surface area contributed by atoms with Gasteiger partial charge < -0.3 is 5.32 Å². The molecule has 0 spiro atoms. The highest BCUT2D eigenvalue weighted by molar-refractivity contribution is 7.13. The molecule has 0 radical (unpaired) electrons. The van der Waals surface area contributed by atoms with Crippen LogP contribution in [0.2, 0.25) is 0 Å². The summed E-state index contributed by atoms with van der Waals surface area (Å²) >= 11 is 1.61. The Bertz CT molecular complexity index is 423. The molecule has 1 aromatic heterocycles. The average Bonchev–Trinajstić information content (AvgIpc) is 2.70. The molecular formula is C11H10FNS. The zero-order valence-electron chi connectivity index (χ0n) is 7.75. The molecule has 1 nitrogen and oxygen atoms in total. The molecule has 2 aromatic rings. The first kappa shape index (κ1) is 9.21. The molecule has 1 aromatic carbocycles. The molecule has 1 N–H and O–H groups in total. The monoisotopic (exact) mass is 207 g/mol. The van der Waals surface area contributed by atoms with E-state index >= 15 is 0 Å². The van der Waals surface area contributed by atoms with E-state index in [0.29, 0.717) is 0 Å². The molecule has 14 heavy (non-hydrogen) atoms. The minimum Gasteiger partial charge on any atom is -0.388 e. The summed E-state index contributed by atoms with van der Waals surface area (Å²) in [5.74, 6) is -0.201. The van der Waals surface area contributed by atoms with Gasteiger partial charge in [-0.25, -0.2) is 4.39 Å². The van der Waals surface area contributed by atoms with Gasteiger partial charge in [-0.3, -0.25) is 0 Å². The van der Waals surface area contributed by atoms with Crippen molar-refractivity contribution >= 4 is 17.0 Å². The summed E-state index contributed by atoms with van der Waals surface area (Å²) in [6.45, 7) is 0. The fourth-order valence-electron chi connectivity index (χ4n) is 1.37. The number of thiophene rings is 1. The molecule has 0 amide bonds. The molecule has 0 aliphatic carbocycles. The summed E-state index contributed by atoms with van der Waals surface area (Å²) < 4.78 is 13.1. The number of hydrogen-bond donors (Lipinski definition) is 1. The number of halogens is 1. The molecule has 0 atom stereocenters. The Labute approximate surface area is 86.2 Å². The third kappa shape index (κ3) is 1.63. The van der Waals surface area contributed by atoms with E-state index in [9.17, 15) is 4.39 Å². The lowest BCUT2D eigenvalue weighted by Gasteiger charge is -2.06. The Balaban J connectivity index is 2.55. The SMILES string of the molecule is CNc1ccc(F)cc1-c1cccs1. The van der Waals surface area contributed by atoms with Gasteiger partial charge >= 0.3 is 0 Å². The minimum atomic E-state index is -0.201. The van der Waals surface area contributed by atoms with Gasteiger partial charge in [0, 0.05) is 23.2 Å². The summed E-state index contributed by atoms with van der Waals surface area (Å²) in [6, 6.07) is 8.72. The molecule has 2 rings (SSSR count). The Morgan fingerprint density at radius 3 is 2.79 bits per heavy atom. The van der Waals surface area contributed by atoms with Crippen LogP contribution in [0.3, 0.4) is 0 Å². The minimum absolute atomic E-state index is 0.201. The number of nitrogens with one attached hydrogen (secondary N) is 1. The van der Waals surface area contributed by atoms with Crippen LogP contribution in [0, 0.1) is 5.82 Å². The van der Waals surface area contributed by atoms with Gasteiger partial charge in [-0.2, -0.15) is 0 Å². The highest BCUT2D eigenvalue weighted by Crippen LogP contribution is 2.31. The normalized spacial score (nSPS) is 10.1. The van der Waals surface area contributed by atoms with E-state index in [2.05, 4.69) is 5.32 Å². The molecular weight excluding hydrogens is 197 g/mol. The van der Waals surface area contributed by atoms with Crippen molar-refractivity contribution in [2.24, 2.45) is 0 Å². The summed E-state index contributed by atoms with van der Waals surface area (Å²) in [5.41, 5.74) is 1.87. The highest BCUT2D eigenvalue weighted by Gasteiger charge is 2.05. The van der Waals surface area contributed by atoms with E-state index in [1.54, 1.807) is 23.5 Å². The molecule has 0 unspecified atom stereocenters. The predicted molar refractivity (Wildman–Crippen MR) is 59.3 cm³/mol. The van der Waals surface area contributed by atoms with Gasteiger partial charge in [0.15, 0.2) is 0 Å². The quantitative estimate of drug-likeness (QED) is 0.793. The Morgan fingerprint density at radius 2 is 2.14 bits per heavy atom. The van der Waals surface area contributed by atoms with E-state index in [1.807, 2.05) is 24.6 Å². The van der Waals surface area contributed by atoms with Crippen molar-refractivity contribution in [1.82, 2.24) is 0 Å². The highest BCUT2D eigenvalue weighted by atomic mass is 32.1. The lowest BCUT2D eigenvalue weighted by Crippen LogP contribution is -1.91. The van der Waals surface area contributed by atoms with Gasteiger partial charge in [-0.05, 0) is 29.6 Å². The average molecular weight is 207 g/mol. The van der Waals surface area contributed by atoms with Gasteiger partial charge in [0.05, 0.1) is 0 Å². The van der Waals surface area contributed by atoms with E-state index in [4.69, 9.17) is 0 Å². The Morgan fingerprint density at radius 1 is 1.29 bits per heavy atom. The first-order valence-electron chi connectivity index (χ1n) is 4.32. The summed E-state index contributed by atoms with van der Waals surface area (Å²) in [6.07, 6.45) is 0. The van der Waals surface area contributed by atoms with Crippen LogP contribution < -0.4 is 5.32 Å². The van der Waals surface area contributed by atoms with E-state index in [1.165, 1.54) is 6.07 Å². The lowest BCUT2D eigenvalue weighted by atomic mass is 10.1. The third-order valence-corrected chi connectivity index (χ3v) is 2.94. The van der Waals surface area contributed by atoms with Gasteiger partial charge in [0.1, 0.15) is 5.82 Å². The van der Waals surface area contributed by atoms with Crippen molar-refractivity contribution in [3.8, 4) is 10.4 Å². The van der Waals surface area contributed by atoms with Crippen LogP contribution in [-0.4, -0.2) is 7.05 Å². The Hall–Kier alpha value is -1.35. The maximum atomic E-state index is 13.1. The van der Waals surface area contributed by atoms with Crippen LogP contribution >= 0.6 is 11.3 Å². The zero-order chi connectivity index (χ0) is 9.97. The third-order valence-electron chi connectivity index (χ3n) is 2.04. The second-order valence-corrected chi connectivity index (χ2v) is 3.86. The molecule has 0 saturated carbocycles. The smallest absolute Gasteiger partial charge is 0.124 e. The van der Waals surface area contributed by atoms with E-state index in [-0.39, 0.29) is 5.82 Å². The van der Waals surface area contributed by atoms with Crippen LogP contribution in [0.15, 0.2) is 35.7 Å². The molecule has 0 aliphatic heterocycles. The summed E-state index contributed by atoms with van der Waals surface area (Å²) in [4.78, 5) is 1.08. The van der Waals surface area contributed by atoms with Crippen molar-refractivity contribution in [1.29, 1.82) is 0 Å². The zero-order valence-corrected chi connectivity index (χ0v) is 8.57. The van der Waals surface area contributed by atoms with Gasteiger partial charge in [0.2, 0.25) is 0 Å². The first-order chi connectivity index (χ1) is 6.81. The van der Waals surface area contributed by atoms with Gasteiger partial charge in [-0.1, -0.05) is 6.07 Å².